The Morgan fingerprint density at radius 2 is 1.53 bits per heavy atom. The van der Waals surface area contributed by atoms with Gasteiger partial charge in [0.25, 0.3) is 0 Å². The Hall–Kier alpha value is -3.48. The Bertz CT molecular complexity index is 1130. The number of anilines is 1. The van der Waals surface area contributed by atoms with Crippen LogP contribution < -0.4 is 15.8 Å². The number of benzene rings is 3. The van der Waals surface area contributed by atoms with E-state index in [2.05, 4.69) is 54.2 Å². The van der Waals surface area contributed by atoms with E-state index in [0.29, 0.717) is 5.69 Å². The highest BCUT2D eigenvalue weighted by Gasteiger charge is 2.55. The van der Waals surface area contributed by atoms with Gasteiger partial charge in [-0.3, -0.25) is 4.79 Å². The number of aromatic carboxylic acids is 1. The molecule has 0 radical (unpaired) electrons. The molecular formula is C26H25N3O3. The molecule has 3 aromatic carbocycles. The van der Waals surface area contributed by atoms with Crippen LogP contribution in [0.5, 0.6) is 0 Å². The van der Waals surface area contributed by atoms with Crippen molar-refractivity contribution in [3.8, 4) is 0 Å². The average molecular weight is 428 g/mol. The summed E-state index contributed by atoms with van der Waals surface area (Å²) in [5, 5.41) is 9.27. The number of hydrogen-bond donors (Lipinski definition) is 3. The molecule has 2 saturated heterocycles. The number of carbonyl (C=O) groups excluding carboxylic acids is 1. The maximum Gasteiger partial charge on any atom is 0.335 e. The molecule has 6 heteroatoms. The standard InChI is InChI=1S/C26H25N3O3/c1-2-16-8-10-18(11-9-16)24-21-22(17-6-4-3-5-7-17)27-28-23(21)25(30)29(24)20-14-12-19(13-15-20)26(31)32/h3-15,21-24,27-28H,2H2,1H3,(H,31,32). The summed E-state index contributed by atoms with van der Waals surface area (Å²) in [6.07, 6.45) is 0.950. The third-order valence-electron chi connectivity index (χ3n) is 6.59. The quantitative estimate of drug-likeness (QED) is 0.576. The first-order valence-corrected chi connectivity index (χ1v) is 10.9. The smallest absolute Gasteiger partial charge is 0.335 e. The lowest BCUT2D eigenvalue weighted by Crippen LogP contribution is -2.41. The first kappa shape index (κ1) is 20.4. The van der Waals surface area contributed by atoms with Crippen molar-refractivity contribution in [2.75, 3.05) is 4.90 Å². The molecule has 4 unspecified atom stereocenters. The number of carbonyl (C=O) groups is 2. The Morgan fingerprint density at radius 1 is 0.875 bits per heavy atom. The fourth-order valence-electron chi connectivity index (χ4n) is 4.95. The molecule has 2 aliphatic heterocycles. The summed E-state index contributed by atoms with van der Waals surface area (Å²) in [5.74, 6) is -1.03. The second-order valence-corrected chi connectivity index (χ2v) is 8.33. The van der Waals surface area contributed by atoms with Crippen LogP contribution in [0.4, 0.5) is 5.69 Å². The minimum absolute atomic E-state index is 0.0198. The van der Waals surface area contributed by atoms with E-state index in [1.54, 1.807) is 24.3 Å². The summed E-state index contributed by atoms with van der Waals surface area (Å²) >= 11 is 0. The number of nitrogens with one attached hydrogen (secondary N) is 2. The van der Waals surface area contributed by atoms with Crippen molar-refractivity contribution in [1.29, 1.82) is 0 Å². The molecule has 3 aromatic rings. The normalized spacial score (nSPS) is 24.5. The van der Waals surface area contributed by atoms with Crippen molar-refractivity contribution in [2.24, 2.45) is 5.92 Å². The summed E-state index contributed by atoms with van der Waals surface area (Å²) in [6.45, 7) is 2.12. The number of carboxylic acid groups (broad SMARTS) is 1. The van der Waals surface area contributed by atoms with Gasteiger partial charge in [0.1, 0.15) is 6.04 Å². The largest absolute Gasteiger partial charge is 0.478 e. The minimum atomic E-state index is -0.983. The molecule has 32 heavy (non-hydrogen) atoms. The Labute approximate surface area is 186 Å². The molecule has 1 amide bonds. The van der Waals surface area contributed by atoms with Crippen LogP contribution in [0.25, 0.3) is 0 Å². The molecule has 6 nitrogen and oxygen atoms in total. The molecule has 5 rings (SSSR count). The zero-order chi connectivity index (χ0) is 22.2. The van der Waals surface area contributed by atoms with E-state index in [0.717, 1.165) is 17.5 Å². The molecule has 0 aromatic heterocycles. The Balaban J connectivity index is 1.60. The lowest BCUT2D eigenvalue weighted by Gasteiger charge is -2.31. The molecule has 0 bridgehead atoms. The molecular weight excluding hydrogens is 402 g/mol. The number of aryl methyl sites for hydroxylation is 1. The highest BCUT2D eigenvalue weighted by Crippen LogP contribution is 2.48. The van der Waals surface area contributed by atoms with E-state index in [1.165, 1.54) is 5.56 Å². The van der Waals surface area contributed by atoms with Gasteiger partial charge in [0.05, 0.1) is 17.6 Å². The summed E-state index contributed by atoms with van der Waals surface area (Å²) in [4.78, 5) is 26.7. The average Bonchev–Trinajstić information content (AvgIpc) is 3.39. The fourth-order valence-corrected chi connectivity index (χ4v) is 4.95. The number of carboxylic acids is 1. The molecule has 162 valence electrons. The van der Waals surface area contributed by atoms with E-state index in [4.69, 9.17) is 0 Å². The highest BCUT2D eigenvalue weighted by molar-refractivity contribution is 6.01. The molecule has 0 saturated carbocycles. The number of hydrogen-bond acceptors (Lipinski definition) is 4. The number of amides is 1. The van der Waals surface area contributed by atoms with Gasteiger partial charge in [-0.25, -0.2) is 15.6 Å². The predicted octanol–water partition coefficient (Wildman–Crippen LogP) is 3.87. The number of fused-ring (bicyclic) bond motifs is 1. The van der Waals surface area contributed by atoms with Gasteiger partial charge in [-0.1, -0.05) is 61.5 Å². The zero-order valence-electron chi connectivity index (χ0n) is 17.7. The zero-order valence-corrected chi connectivity index (χ0v) is 17.7. The van der Waals surface area contributed by atoms with E-state index in [-0.39, 0.29) is 35.5 Å². The van der Waals surface area contributed by atoms with Gasteiger partial charge >= 0.3 is 5.97 Å². The first-order valence-electron chi connectivity index (χ1n) is 10.9. The maximum absolute atomic E-state index is 13.6. The van der Waals surface area contributed by atoms with Gasteiger partial charge in [-0.05, 0) is 47.4 Å². The summed E-state index contributed by atoms with van der Waals surface area (Å²) in [7, 11) is 0. The number of hydrazine groups is 1. The van der Waals surface area contributed by atoms with Crippen LogP contribution in [0.2, 0.25) is 0 Å². The van der Waals surface area contributed by atoms with Crippen LogP contribution in [-0.4, -0.2) is 23.0 Å². The molecule has 0 spiro atoms. The molecule has 2 aliphatic rings. The van der Waals surface area contributed by atoms with E-state index >= 15 is 0 Å². The van der Waals surface area contributed by atoms with Crippen LogP contribution >= 0.6 is 0 Å². The maximum atomic E-state index is 13.6. The van der Waals surface area contributed by atoms with Gasteiger partial charge in [0.15, 0.2) is 0 Å². The Morgan fingerprint density at radius 3 is 2.16 bits per heavy atom. The fraction of sp³-hybridized carbons (Fsp3) is 0.231. The van der Waals surface area contributed by atoms with Gasteiger partial charge in [-0.2, -0.15) is 0 Å². The van der Waals surface area contributed by atoms with Gasteiger partial charge in [0, 0.05) is 11.6 Å². The van der Waals surface area contributed by atoms with Gasteiger partial charge in [0.2, 0.25) is 5.91 Å². The van der Waals surface area contributed by atoms with Crippen molar-refractivity contribution < 1.29 is 14.7 Å². The summed E-state index contributed by atoms with van der Waals surface area (Å²) in [6, 6.07) is 24.6. The topological polar surface area (TPSA) is 81.7 Å². The lowest BCUT2D eigenvalue weighted by molar-refractivity contribution is -0.119. The first-order chi connectivity index (χ1) is 15.6. The number of nitrogens with zero attached hydrogens (tertiary/aromatic N) is 1. The van der Waals surface area contributed by atoms with Crippen molar-refractivity contribution in [3.63, 3.8) is 0 Å². The van der Waals surface area contributed by atoms with Crippen LogP contribution in [-0.2, 0) is 11.2 Å². The molecule has 2 fully saturated rings. The van der Waals surface area contributed by atoms with Crippen molar-refractivity contribution in [3.05, 3.63) is 101 Å². The minimum Gasteiger partial charge on any atom is -0.478 e. The van der Waals surface area contributed by atoms with Crippen molar-refractivity contribution in [1.82, 2.24) is 10.9 Å². The molecule has 4 atom stereocenters. The van der Waals surface area contributed by atoms with Crippen LogP contribution in [0.1, 0.15) is 46.1 Å². The third kappa shape index (κ3) is 3.38. The summed E-state index contributed by atoms with van der Waals surface area (Å²) < 4.78 is 0. The Kier molecular flexibility index (Phi) is 5.25. The van der Waals surface area contributed by atoms with E-state index < -0.39 is 5.97 Å². The van der Waals surface area contributed by atoms with Crippen molar-refractivity contribution >= 4 is 17.6 Å². The molecule has 3 N–H and O–H groups in total. The molecule has 0 aliphatic carbocycles. The summed E-state index contributed by atoms with van der Waals surface area (Å²) in [5.41, 5.74) is 10.9. The second-order valence-electron chi connectivity index (χ2n) is 8.33. The number of rotatable bonds is 5. The molecule has 2 heterocycles. The van der Waals surface area contributed by atoms with Crippen LogP contribution in [0.3, 0.4) is 0 Å². The lowest BCUT2D eigenvalue weighted by atomic mass is 9.83. The van der Waals surface area contributed by atoms with Crippen LogP contribution in [0.15, 0.2) is 78.9 Å². The van der Waals surface area contributed by atoms with Crippen molar-refractivity contribution in [2.45, 2.75) is 31.5 Å². The van der Waals surface area contributed by atoms with E-state index in [9.17, 15) is 14.7 Å². The highest BCUT2D eigenvalue weighted by atomic mass is 16.4. The third-order valence-corrected chi connectivity index (χ3v) is 6.59. The SMILES string of the molecule is CCc1ccc(C2C3C(NNC3c3ccccc3)C(=O)N2c2ccc(C(=O)O)cc2)cc1. The van der Waals surface area contributed by atoms with Crippen LogP contribution in [0, 0.1) is 5.92 Å². The second kappa shape index (κ2) is 8.22. The van der Waals surface area contributed by atoms with E-state index in [1.807, 2.05) is 23.1 Å². The predicted molar refractivity (Wildman–Crippen MR) is 122 cm³/mol. The van der Waals surface area contributed by atoms with Gasteiger partial charge in [-0.15, -0.1) is 0 Å². The monoisotopic (exact) mass is 427 g/mol. The van der Waals surface area contributed by atoms with Gasteiger partial charge < -0.3 is 10.0 Å².